The Bertz CT molecular complexity index is 723. The van der Waals surface area contributed by atoms with Gasteiger partial charge in [-0.1, -0.05) is 6.92 Å². The first-order valence-electron chi connectivity index (χ1n) is 6.00. The molecule has 1 heterocycles. The molecule has 2 aromatic rings. The van der Waals surface area contributed by atoms with Crippen LogP contribution < -0.4 is 11.1 Å². The molecule has 0 atom stereocenters. The van der Waals surface area contributed by atoms with Crippen molar-refractivity contribution in [2.45, 2.75) is 13.3 Å². The van der Waals surface area contributed by atoms with Crippen molar-refractivity contribution in [3.8, 4) is 12.1 Å². The van der Waals surface area contributed by atoms with Crippen LogP contribution in [-0.2, 0) is 6.42 Å². The summed E-state index contributed by atoms with van der Waals surface area (Å²) in [6.45, 7) is 1.96. The van der Waals surface area contributed by atoms with Gasteiger partial charge in [0.2, 0.25) is 0 Å². The molecule has 6 heteroatoms. The van der Waals surface area contributed by atoms with Gasteiger partial charge in [0.1, 0.15) is 30.1 Å². The lowest BCUT2D eigenvalue weighted by molar-refractivity contribution is 1.06. The van der Waals surface area contributed by atoms with Crippen LogP contribution in [0.25, 0.3) is 0 Å². The van der Waals surface area contributed by atoms with Crippen molar-refractivity contribution in [3.05, 3.63) is 41.2 Å². The van der Waals surface area contributed by atoms with Crippen LogP contribution in [0.4, 0.5) is 17.3 Å². The van der Waals surface area contributed by atoms with Gasteiger partial charge in [-0.3, -0.25) is 0 Å². The molecule has 98 valence electrons. The Morgan fingerprint density at radius 3 is 2.60 bits per heavy atom. The van der Waals surface area contributed by atoms with Crippen molar-refractivity contribution in [1.29, 1.82) is 10.5 Å². The Morgan fingerprint density at radius 1 is 1.20 bits per heavy atom. The maximum atomic E-state index is 9.01. The number of hydrogen-bond acceptors (Lipinski definition) is 6. The standard InChI is InChI=1S/C14H12N6/c1-2-12-13(17)18-8-19-14(12)20-11-4-3-9(6-15)10(5-11)7-16/h3-5,8H,2H2,1H3,(H3,17,18,19,20). The first kappa shape index (κ1) is 13.3. The van der Waals surface area contributed by atoms with E-state index >= 15 is 0 Å². The fraction of sp³-hybridized carbons (Fsp3) is 0.143. The van der Waals surface area contributed by atoms with E-state index in [-0.39, 0.29) is 0 Å². The normalized spacial score (nSPS) is 9.55. The van der Waals surface area contributed by atoms with E-state index in [2.05, 4.69) is 15.3 Å². The molecule has 1 aromatic carbocycles. The lowest BCUT2D eigenvalue weighted by Gasteiger charge is -2.11. The minimum absolute atomic E-state index is 0.317. The second kappa shape index (κ2) is 5.68. The van der Waals surface area contributed by atoms with Crippen molar-refractivity contribution in [1.82, 2.24) is 9.97 Å². The lowest BCUT2D eigenvalue weighted by Crippen LogP contribution is -2.04. The molecule has 3 N–H and O–H groups in total. The minimum Gasteiger partial charge on any atom is -0.383 e. The first-order chi connectivity index (χ1) is 9.69. The summed E-state index contributed by atoms with van der Waals surface area (Å²) in [7, 11) is 0. The number of nitrogen functional groups attached to an aromatic ring is 1. The number of rotatable bonds is 3. The van der Waals surface area contributed by atoms with E-state index in [0.29, 0.717) is 34.9 Å². The topological polar surface area (TPSA) is 111 Å². The third kappa shape index (κ3) is 2.50. The third-order valence-corrected chi connectivity index (χ3v) is 2.86. The van der Waals surface area contributed by atoms with Gasteiger partial charge in [-0.15, -0.1) is 0 Å². The van der Waals surface area contributed by atoms with Crippen molar-refractivity contribution in [2.24, 2.45) is 0 Å². The van der Waals surface area contributed by atoms with E-state index < -0.39 is 0 Å². The molecule has 0 bridgehead atoms. The lowest BCUT2D eigenvalue weighted by atomic mass is 10.1. The molecule has 6 nitrogen and oxygen atoms in total. The van der Waals surface area contributed by atoms with Crippen molar-refractivity contribution >= 4 is 17.3 Å². The zero-order chi connectivity index (χ0) is 14.5. The van der Waals surface area contributed by atoms with E-state index in [4.69, 9.17) is 16.3 Å². The molecular weight excluding hydrogens is 252 g/mol. The van der Waals surface area contributed by atoms with Crippen LogP contribution >= 0.6 is 0 Å². The maximum absolute atomic E-state index is 9.01. The molecule has 20 heavy (non-hydrogen) atoms. The number of hydrogen-bond donors (Lipinski definition) is 2. The minimum atomic E-state index is 0.317. The van der Waals surface area contributed by atoms with Crippen LogP contribution in [0, 0.1) is 22.7 Å². The number of nitrogens with one attached hydrogen (secondary N) is 1. The van der Waals surface area contributed by atoms with Crippen LogP contribution in [0.1, 0.15) is 23.6 Å². The monoisotopic (exact) mass is 264 g/mol. The van der Waals surface area contributed by atoms with Crippen LogP contribution in [0.2, 0.25) is 0 Å². The van der Waals surface area contributed by atoms with Gasteiger partial charge in [0.25, 0.3) is 0 Å². The molecule has 0 spiro atoms. The molecular formula is C14H12N6. The summed E-state index contributed by atoms with van der Waals surface area (Å²) in [5.41, 5.74) is 7.95. The smallest absolute Gasteiger partial charge is 0.139 e. The van der Waals surface area contributed by atoms with Gasteiger partial charge in [-0.05, 0) is 24.6 Å². The number of aromatic nitrogens is 2. The molecule has 0 fully saturated rings. The summed E-state index contributed by atoms with van der Waals surface area (Å²) in [6.07, 6.45) is 2.07. The number of nitriles is 2. The molecule has 1 aromatic heterocycles. The number of nitrogens with zero attached hydrogens (tertiary/aromatic N) is 4. The van der Waals surface area contributed by atoms with Gasteiger partial charge in [-0.2, -0.15) is 10.5 Å². The summed E-state index contributed by atoms with van der Waals surface area (Å²) in [6, 6.07) is 8.89. The second-order valence-electron chi connectivity index (χ2n) is 4.05. The fourth-order valence-corrected chi connectivity index (χ4v) is 1.83. The summed E-state index contributed by atoms with van der Waals surface area (Å²) >= 11 is 0. The molecule has 0 aliphatic heterocycles. The predicted octanol–water partition coefficient (Wildman–Crippen LogP) is 2.11. The Hall–Kier alpha value is -3.12. The first-order valence-corrected chi connectivity index (χ1v) is 6.00. The zero-order valence-electron chi connectivity index (χ0n) is 10.9. The summed E-state index contributed by atoms with van der Waals surface area (Å²) in [4.78, 5) is 8.10. The number of anilines is 3. The van der Waals surface area contributed by atoms with Crippen LogP contribution in [0.3, 0.4) is 0 Å². The largest absolute Gasteiger partial charge is 0.383 e. The number of nitrogens with two attached hydrogens (primary N) is 1. The van der Waals surface area contributed by atoms with E-state index in [0.717, 1.165) is 5.56 Å². The highest BCUT2D eigenvalue weighted by Gasteiger charge is 2.09. The summed E-state index contributed by atoms with van der Waals surface area (Å²) in [5, 5.41) is 21.0. The highest BCUT2D eigenvalue weighted by atomic mass is 15.0. The average Bonchev–Trinajstić information content (AvgIpc) is 2.47. The van der Waals surface area contributed by atoms with Crippen LogP contribution in [0.15, 0.2) is 24.5 Å². The van der Waals surface area contributed by atoms with Crippen molar-refractivity contribution in [3.63, 3.8) is 0 Å². The molecule has 0 saturated carbocycles. The van der Waals surface area contributed by atoms with E-state index in [1.165, 1.54) is 6.33 Å². The number of benzene rings is 1. The van der Waals surface area contributed by atoms with Crippen LogP contribution in [0.5, 0.6) is 0 Å². The molecule has 0 saturated heterocycles. The van der Waals surface area contributed by atoms with Crippen LogP contribution in [-0.4, -0.2) is 9.97 Å². The maximum Gasteiger partial charge on any atom is 0.139 e. The van der Waals surface area contributed by atoms with E-state index in [1.807, 2.05) is 19.1 Å². The Balaban J connectivity index is 2.39. The second-order valence-corrected chi connectivity index (χ2v) is 4.05. The fourth-order valence-electron chi connectivity index (χ4n) is 1.83. The SMILES string of the molecule is CCc1c(N)ncnc1Nc1ccc(C#N)c(C#N)c1. The molecule has 0 aliphatic carbocycles. The third-order valence-electron chi connectivity index (χ3n) is 2.86. The highest BCUT2D eigenvalue weighted by Crippen LogP contribution is 2.23. The summed E-state index contributed by atoms with van der Waals surface area (Å²) < 4.78 is 0. The van der Waals surface area contributed by atoms with Gasteiger partial charge in [0.05, 0.1) is 11.1 Å². The predicted molar refractivity (Wildman–Crippen MR) is 75.0 cm³/mol. The molecule has 2 rings (SSSR count). The Kier molecular flexibility index (Phi) is 3.78. The van der Waals surface area contributed by atoms with Gasteiger partial charge >= 0.3 is 0 Å². The van der Waals surface area contributed by atoms with Gasteiger partial charge in [-0.25, -0.2) is 9.97 Å². The van der Waals surface area contributed by atoms with Crippen molar-refractivity contribution < 1.29 is 0 Å². The van der Waals surface area contributed by atoms with Crippen molar-refractivity contribution in [2.75, 3.05) is 11.1 Å². The molecule has 0 radical (unpaired) electrons. The molecule has 0 unspecified atom stereocenters. The van der Waals surface area contributed by atoms with E-state index in [9.17, 15) is 0 Å². The zero-order valence-corrected chi connectivity index (χ0v) is 10.9. The average molecular weight is 264 g/mol. The molecule has 0 amide bonds. The van der Waals surface area contributed by atoms with Gasteiger partial charge in [0, 0.05) is 11.3 Å². The Morgan fingerprint density at radius 2 is 1.95 bits per heavy atom. The molecule has 0 aliphatic rings. The quantitative estimate of drug-likeness (QED) is 0.878. The van der Waals surface area contributed by atoms with Gasteiger partial charge < -0.3 is 11.1 Å². The Labute approximate surface area is 116 Å². The van der Waals surface area contributed by atoms with E-state index in [1.54, 1.807) is 18.2 Å². The highest BCUT2D eigenvalue weighted by molar-refractivity contribution is 5.66. The summed E-state index contributed by atoms with van der Waals surface area (Å²) in [5.74, 6) is 1.03. The van der Waals surface area contributed by atoms with Gasteiger partial charge in [0.15, 0.2) is 0 Å².